The summed E-state index contributed by atoms with van der Waals surface area (Å²) in [5.74, 6) is 0.0315. The number of anilines is 2. The molecule has 4 N–H and O–H groups in total. The summed E-state index contributed by atoms with van der Waals surface area (Å²) in [5, 5.41) is 0. The summed E-state index contributed by atoms with van der Waals surface area (Å²) in [7, 11) is 0. The van der Waals surface area contributed by atoms with Crippen LogP contribution in [0.3, 0.4) is 0 Å². The third-order valence-corrected chi connectivity index (χ3v) is 2.07. The van der Waals surface area contributed by atoms with Crippen LogP contribution in [0.25, 0.3) is 0 Å². The van der Waals surface area contributed by atoms with Crippen LogP contribution in [0.15, 0.2) is 41.0 Å². The predicted molar refractivity (Wildman–Crippen MR) is 57.4 cm³/mol. The third kappa shape index (κ3) is 1.69. The van der Waals surface area contributed by atoms with E-state index in [2.05, 4.69) is 0 Å². The molecule has 1 aromatic carbocycles. The highest BCUT2D eigenvalue weighted by molar-refractivity contribution is 6.10. The first-order valence-electron chi connectivity index (χ1n) is 4.41. The van der Waals surface area contributed by atoms with Gasteiger partial charge in [0.25, 0.3) is 0 Å². The Balaban J connectivity index is 2.42. The minimum absolute atomic E-state index is 0.238. The molecule has 0 aliphatic carbocycles. The predicted octanol–water partition coefficient (Wildman–Crippen LogP) is 1.68. The molecular weight excluding hydrogens is 192 g/mol. The van der Waals surface area contributed by atoms with Gasteiger partial charge in [0.05, 0.1) is 6.26 Å². The molecular formula is C11H10N2O2. The molecule has 0 aliphatic heterocycles. The van der Waals surface area contributed by atoms with Crippen LogP contribution in [-0.2, 0) is 0 Å². The van der Waals surface area contributed by atoms with Crippen LogP contribution in [0.4, 0.5) is 11.4 Å². The third-order valence-electron chi connectivity index (χ3n) is 2.07. The monoisotopic (exact) mass is 202 g/mol. The van der Waals surface area contributed by atoms with Crippen LogP contribution in [0, 0.1) is 0 Å². The summed E-state index contributed by atoms with van der Waals surface area (Å²) in [5.41, 5.74) is 12.5. The SMILES string of the molecule is Nc1ccc(C(=O)c2ccco2)c(N)c1. The number of carbonyl (C=O) groups excluding carboxylic acids is 1. The van der Waals surface area contributed by atoms with Gasteiger partial charge >= 0.3 is 0 Å². The lowest BCUT2D eigenvalue weighted by Gasteiger charge is -2.03. The van der Waals surface area contributed by atoms with Crippen molar-refractivity contribution in [3.63, 3.8) is 0 Å². The Morgan fingerprint density at radius 2 is 2.00 bits per heavy atom. The highest BCUT2D eigenvalue weighted by Crippen LogP contribution is 2.19. The van der Waals surface area contributed by atoms with Gasteiger partial charge < -0.3 is 15.9 Å². The van der Waals surface area contributed by atoms with E-state index in [0.29, 0.717) is 16.9 Å². The van der Waals surface area contributed by atoms with Gasteiger partial charge in [-0.25, -0.2) is 0 Å². The van der Waals surface area contributed by atoms with Gasteiger partial charge in [-0.1, -0.05) is 0 Å². The summed E-state index contributed by atoms with van der Waals surface area (Å²) >= 11 is 0. The van der Waals surface area contributed by atoms with E-state index >= 15 is 0 Å². The van der Waals surface area contributed by atoms with Crippen molar-refractivity contribution in [1.29, 1.82) is 0 Å². The molecule has 0 spiro atoms. The van der Waals surface area contributed by atoms with Gasteiger partial charge in [-0.05, 0) is 30.3 Å². The van der Waals surface area contributed by atoms with Crippen LogP contribution in [0.2, 0.25) is 0 Å². The highest BCUT2D eigenvalue weighted by atomic mass is 16.3. The lowest BCUT2D eigenvalue weighted by atomic mass is 10.1. The van der Waals surface area contributed by atoms with Crippen molar-refractivity contribution >= 4 is 17.2 Å². The van der Waals surface area contributed by atoms with E-state index in [0.717, 1.165) is 0 Å². The normalized spacial score (nSPS) is 10.1. The Bertz CT molecular complexity index is 489. The molecule has 0 saturated carbocycles. The first kappa shape index (κ1) is 9.33. The summed E-state index contributed by atoms with van der Waals surface area (Å²) in [6.07, 6.45) is 1.45. The Morgan fingerprint density at radius 3 is 2.60 bits per heavy atom. The maximum atomic E-state index is 11.8. The molecule has 1 aromatic heterocycles. The fourth-order valence-corrected chi connectivity index (χ4v) is 1.33. The first-order chi connectivity index (χ1) is 7.18. The first-order valence-corrected chi connectivity index (χ1v) is 4.41. The summed E-state index contributed by atoms with van der Waals surface area (Å²) in [4.78, 5) is 11.8. The van der Waals surface area contributed by atoms with Crippen molar-refractivity contribution in [2.24, 2.45) is 0 Å². The van der Waals surface area contributed by atoms with E-state index in [1.165, 1.54) is 6.26 Å². The Hall–Kier alpha value is -2.23. The summed E-state index contributed by atoms with van der Waals surface area (Å²) in [6, 6.07) is 8.02. The van der Waals surface area contributed by atoms with Gasteiger partial charge in [-0.2, -0.15) is 0 Å². The topological polar surface area (TPSA) is 82.2 Å². The van der Waals surface area contributed by atoms with E-state index in [1.807, 2.05) is 0 Å². The van der Waals surface area contributed by atoms with Crippen LogP contribution in [-0.4, -0.2) is 5.78 Å². The minimum atomic E-state index is -0.238. The van der Waals surface area contributed by atoms with Crippen LogP contribution in [0.5, 0.6) is 0 Å². The van der Waals surface area contributed by atoms with E-state index < -0.39 is 0 Å². The number of nitrogens with two attached hydrogens (primary N) is 2. The average Bonchev–Trinajstić information content (AvgIpc) is 2.69. The number of nitrogen functional groups attached to an aromatic ring is 2. The second-order valence-corrected chi connectivity index (χ2v) is 3.15. The molecule has 2 rings (SSSR count). The molecule has 15 heavy (non-hydrogen) atoms. The Morgan fingerprint density at radius 1 is 1.20 bits per heavy atom. The molecule has 4 heteroatoms. The molecule has 0 amide bonds. The van der Waals surface area contributed by atoms with Crippen LogP contribution < -0.4 is 11.5 Å². The van der Waals surface area contributed by atoms with Crippen molar-refractivity contribution in [2.75, 3.05) is 11.5 Å². The van der Waals surface area contributed by atoms with E-state index in [4.69, 9.17) is 15.9 Å². The Kier molecular flexibility index (Phi) is 2.17. The largest absolute Gasteiger partial charge is 0.461 e. The van der Waals surface area contributed by atoms with Gasteiger partial charge in [0.2, 0.25) is 5.78 Å². The zero-order valence-electron chi connectivity index (χ0n) is 7.94. The fraction of sp³-hybridized carbons (Fsp3) is 0. The van der Waals surface area contributed by atoms with Crippen LogP contribution in [0.1, 0.15) is 16.1 Å². The van der Waals surface area contributed by atoms with Crippen LogP contribution >= 0.6 is 0 Å². The maximum absolute atomic E-state index is 11.8. The number of rotatable bonds is 2. The van der Waals surface area contributed by atoms with Gasteiger partial charge in [0, 0.05) is 16.9 Å². The van der Waals surface area contributed by atoms with Gasteiger partial charge in [-0.15, -0.1) is 0 Å². The number of carbonyl (C=O) groups is 1. The van der Waals surface area contributed by atoms with E-state index in [-0.39, 0.29) is 11.5 Å². The zero-order chi connectivity index (χ0) is 10.8. The Labute approximate surface area is 86.5 Å². The number of hydrogen-bond acceptors (Lipinski definition) is 4. The van der Waals surface area contributed by atoms with Gasteiger partial charge in [0.15, 0.2) is 5.76 Å². The molecule has 0 unspecified atom stereocenters. The molecule has 1 heterocycles. The van der Waals surface area contributed by atoms with E-state index in [9.17, 15) is 4.79 Å². The average molecular weight is 202 g/mol. The fourth-order valence-electron chi connectivity index (χ4n) is 1.33. The number of furan rings is 1. The molecule has 2 aromatic rings. The lowest BCUT2D eigenvalue weighted by molar-refractivity contribution is 0.101. The quantitative estimate of drug-likeness (QED) is 0.573. The number of hydrogen-bond donors (Lipinski definition) is 2. The second-order valence-electron chi connectivity index (χ2n) is 3.15. The van der Waals surface area contributed by atoms with Crippen molar-refractivity contribution in [1.82, 2.24) is 0 Å². The van der Waals surface area contributed by atoms with Crippen molar-refractivity contribution in [3.8, 4) is 0 Å². The van der Waals surface area contributed by atoms with Gasteiger partial charge in [0.1, 0.15) is 0 Å². The van der Waals surface area contributed by atoms with Crippen molar-refractivity contribution < 1.29 is 9.21 Å². The molecule has 0 bridgehead atoms. The molecule has 0 fully saturated rings. The molecule has 4 nitrogen and oxygen atoms in total. The lowest BCUT2D eigenvalue weighted by Crippen LogP contribution is -2.04. The van der Waals surface area contributed by atoms with Crippen molar-refractivity contribution in [3.05, 3.63) is 47.9 Å². The van der Waals surface area contributed by atoms with E-state index in [1.54, 1.807) is 30.3 Å². The molecule has 76 valence electrons. The zero-order valence-corrected chi connectivity index (χ0v) is 7.94. The smallest absolute Gasteiger partial charge is 0.230 e. The molecule has 0 saturated heterocycles. The number of benzene rings is 1. The molecule has 0 atom stereocenters. The van der Waals surface area contributed by atoms with Crippen molar-refractivity contribution in [2.45, 2.75) is 0 Å². The highest BCUT2D eigenvalue weighted by Gasteiger charge is 2.14. The second kappa shape index (κ2) is 3.49. The maximum Gasteiger partial charge on any atom is 0.230 e. The number of ketones is 1. The standard InChI is InChI=1S/C11H10N2O2/c12-7-3-4-8(9(13)6-7)11(14)10-2-1-5-15-10/h1-6H,12-13H2. The summed E-state index contributed by atoms with van der Waals surface area (Å²) < 4.78 is 5.00. The molecule has 0 radical (unpaired) electrons. The molecule has 0 aliphatic rings. The summed E-state index contributed by atoms with van der Waals surface area (Å²) in [6.45, 7) is 0. The van der Waals surface area contributed by atoms with Gasteiger partial charge in [-0.3, -0.25) is 4.79 Å². The minimum Gasteiger partial charge on any atom is -0.461 e.